The van der Waals surface area contributed by atoms with Gasteiger partial charge < -0.3 is 21.1 Å². The Balaban J connectivity index is 2.25. The molecule has 0 aliphatic rings. The second-order valence-electron chi connectivity index (χ2n) is 5.85. The van der Waals surface area contributed by atoms with Gasteiger partial charge in [-0.3, -0.25) is 14.4 Å². The average molecular weight is 369 g/mol. The van der Waals surface area contributed by atoms with Crippen LogP contribution in [0.3, 0.4) is 0 Å². The highest BCUT2D eigenvalue weighted by Gasteiger charge is 2.21. The van der Waals surface area contributed by atoms with Crippen LogP contribution in [0, 0.1) is 5.92 Å². The number of hydrogen-bond acceptors (Lipinski definition) is 5. The van der Waals surface area contributed by atoms with Gasteiger partial charge >= 0.3 is 5.97 Å². The lowest BCUT2D eigenvalue weighted by atomic mass is 10.0. The molecule has 0 aromatic carbocycles. The molecule has 138 valence electrons. The first-order chi connectivity index (χ1) is 11.8. The molecule has 0 aliphatic carbocycles. The summed E-state index contributed by atoms with van der Waals surface area (Å²) in [7, 11) is 0. The molecule has 0 saturated heterocycles. The van der Waals surface area contributed by atoms with Gasteiger partial charge in [0.2, 0.25) is 11.8 Å². The molecule has 1 rings (SSSR count). The van der Waals surface area contributed by atoms with Gasteiger partial charge in [0.1, 0.15) is 6.04 Å². The number of carbonyl (C=O) groups is 4. The molecule has 4 N–H and O–H groups in total. The van der Waals surface area contributed by atoms with Crippen LogP contribution >= 0.6 is 11.3 Å². The number of hydrogen-bond donors (Lipinski definition) is 4. The van der Waals surface area contributed by atoms with Gasteiger partial charge in [-0.15, -0.1) is 11.3 Å². The van der Waals surface area contributed by atoms with Crippen LogP contribution in [0.1, 0.15) is 36.4 Å². The van der Waals surface area contributed by atoms with E-state index in [0.717, 1.165) is 0 Å². The van der Waals surface area contributed by atoms with Crippen molar-refractivity contribution in [2.75, 3.05) is 13.1 Å². The van der Waals surface area contributed by atoms with E-state index in [4.69, 9.17) is 5.11 Å². The molecule has 8 nitrogen and oxygen atoms in total. The first-order valence-electron chi connectivity index (χ1n) is 7.90. The molecule has 0 unspecified atom stereocenters. The Kier molecular flexibility index (Phi) is 8.62. The smallest absolute Gasteiger partial charge is 0.326 e. The Labute approximate surface area is 150 Å². The molecule has 0 aliphatic heterocycles. The molecule has 0 saturated carbocycles. The van der Waals surface area contributed by atoms with Gasteiger partial charge in [-0.2, -0.15) is 0 Å². The normalized spacial score (nSPS) is 11.6. The molecule has 0 fully saturated rings. The third kappa shape index (κ3) is 8.30. The largest absolute Gasteiger partial charge is 0.480 e. The van der Waals surface area contributed by atoms with Gasteiger partial charge in [0.25, 0.3) is 5.91 Å². The van der Waals surface area contributed by atoms with Crippen LogP contribution in [0.4, 0.5) is 0 Å². The van der Waals surface area contributed by atoms with Gasteiger partial charge in [0, 0.05) is 13.0 Å². The number of carboxylic acid groups (broad SMARTS) is 1. The van der Waals surface area contributed by atoms with E-state index in [0.29, 0.717) is 11.3 Å². The lowest BCUT2D eigenvalue weighted by Crippen LogP contribution is -2.46. The maximum absolute atomic E-state index is 11.7. The van der Waals surface area contributed by atoms with Crippen molar-refractivity contribution in [2.24, 2.45) is 5.92 Å². The molecule has 0 bridgehead atoms. The number of thiophene rings is 1. The molecule has 1 heterocycles. The molecule has 1 aromatic rings. The topological polar surface area (TPSA) is 125 Å². The van der Waals surface area contributed by atoms with Crippen molar-refractivity contribution in [3.8, 4) is 0 Å². The van der Waals surface area contributed by atoms with E-state index in [2.05, 4.69) is 16.0 Å². The third-order valence-electron chi connectivity index (χ3n) is 3.17. The molecular formula is C16H23N3O5S. The fourth-order valence-electron chi connectivity index (χ4n) is 1.99. The predicted octanol–water partition coefficient (Wildman–Crippen LogP) is 0.600. The summed E-state index contributed by atoms with van der Waals surface area (Å²) in [6.45, 7) is 3.55. The molecule has 0 spiro atoms. The van der Waals surface area contributed by atoms with Gasteiger partial charge in [0.15, 0.2) is 0 Å². The Morgan fingerprint density at radius 2 is 1.88 bits per heavy atom. The van der Waals surface area contributed by atoms with Crippen LogP contribution in [0.15, 0.2) is 17.5 Å². The lowest BCUT2D eigenvalue weighted by Gasteiger charge is -2.16. The number of nitrogens with one attached hydrogen (secondary N) is 3. The SMILES string of the molecule is CC(C)C[C@H](NC(=O)CNC(=O)CCNC(=O)c1cccs1)C(=O)O. The summed E-state index contributed by atoms with van der Waals surface area (Å²) in [5, 5.41) is 18.2. The summed E-state index contributed by atoms with van der Waals surface area (Å²) in [4.78, 5) is 46.7. The number of amides is 3. The van der Waals surface area contributed by atoms with Crippen LogP contribution in [0.25, 0.3) is 0 Å². The van der Waals surface area contributed by atoms with E-state index < -0.39 is 23.8 Å². The Morgan fingerprint density at radius 1 is 1.16 bits per heavy atom. The zero-order valence-corrected chi connectivity index (χ0v) is 15.0. The molecule has 1 atom stereocenters. The lowest BCUT2D eigenvalue weighted by molar-refractivity contribution is -0.142. The van der Waals surface area contributed by atoms with Crippen molar-refractivity contribution in [1.29, 1.82) is 0 Å². The molecule has 1 aromatic heterocycles. The highest BCUT2D eigenvalue weighted by molar-refractivity contribution is 7.12. The number of carboxylic acids is 1. The third-order valence-corrected chi connectivity index (χ3v) is 4.04. The van der Waals surface area contributed by atoms with Crippen molar-refractivity contribution >= 4 is 35.0 Å². The first-order valence-corrected chi connectivity index (χ1v) is 8.78. The van der Waals surface area contributed by atoms with Crippen LogP contribution in [0.5, 0.6) is 0 Å². The minimum atomic E-state index is -1.11. The van der Waals surface area contributed by atoms with Crippen molar-refractivity contribution in [3.05, 3.63) is 22.4 Å². The average Bonchev–Trinajstić information content (AvgIpc) is 3.06. The summed E-state index contributed by atoms with van der Waals surface area (Å²) >= 11 is 1.30. The van der Waals surface area contributed by atoms with Crippen LogP contribution in [-0.4, -0.2) is 47.9 Å². The van der Waals surface area contributed by atoms with Crippen LogP contribution in [0.2, 0.25) is 0 Å². The maximum Gasteiger partial charge on any atom is 0.326 e. The summed E-state index contributed by atoms with van der Waals surface area (Å²) in [6, 6.07) is 2.46. The second kappa shape index (κ2) is 10.4. The Hall–Kier alpha value is -2.42. The van der Waals surface area contributed by atoms with E-state index in [-0.39, 0.29) is 31.3 Å². The van der Waals surface area contributed by atoms with E-state index in [1.807, 2.05) is 13.8 Å². The fraction of sp³-hybridized carbons (Fsp3) is 0.500. The molecule has 25 heavy (non-hydrogen) atoms. The minimum Gasteiger partial charge on any atom is -0.480 e. The molecule has 0 radical (unpaired) electrons. The van der Waals surface area contributed by atoms with Gasteiger partial charge in [-0.05, 0) is 23.8 Å². The van der Waals surface area contributed by atoms with Crippen molar-refractivity contribution in [1.82, 2.24) is 16.0 Å². The highest BCUT2D eigenvalue weighted by atomic mass is 32.1. The molecular weight excluding hydrogens is 346 g/mol. The van der Waals surface area contributed by atoms with Crippen LogP contribution in [-0.2, 0) is 14.4 Å². The quantitative estimate of drug-likeness (QED) is 0.481. The van der Waals surface area contributed by atoms with Gasteiger partial charge in [-0.1, -0.05) is 19.9 Å². The zero-order valence-electron chi connectivity index (χ0n) is 14.2. The standard InChI is InChI=1S/C16H23N3O5S/c1-10(2)8-11(16(23)24)19-14(21)9-18-13(20)5-6-17-15(22)12-4-3-7-25-12/h3-4,7,10-11H,5-6,8-9H2,1-2H3,(H,17,22)(H,18,20)(H,19,21)(H,23,24)/t11-/m0/s1. The summed E-state index contributed by atoms with van der Waals surface area (Å²) in [5.41, 5.74) is 0. The van der Waals surface area contributed by atoms with Crippen molar-refractivity contribution in [3.63, 3.8) is 0 Å². The summed E-state index contributed by atoms with van der Waals surface area (Å²) < 4.78 is 0. The highest BCUT2D eigenvalue weighted by Crippen LogP contribution is 2.07. The Bertz CT molecular complexity index is 601. The van der Waals surface area contributed by atoms with Crippen LogP contribution < -0.4 is 16.0 Å². The number of carbonyl (C=O) groups excluding carboxylic acids is 3. The van der Waals surface area contributed by atoms with Gasteiger partial charge in [-0.25, -0.2) is 4.79 Å². The van der Waals surface area contributed by atoms with E-state index in [1.54, 1.807) is 17.5 Å². The fourth-order valence-corrected chi connectivity index (χ4v) is 2.63. The van der Waals surface area contributed by atoms with Crippen molar-refractivity contribution in [2.45, 2.75) is 32.7 Å². The first kappa shape index (κ1) is 20.6. The monoisotopic (exact) mass is 369 g/mol. The van der Waals surface area contributed by atoms with E-state index >= 15 is 0 Å². The summed E-state index contributed by atoms with van der Waals surface area (Å²) in [6.07, 6.45) is 0.336. The molecule has 9 heteroatoms. The number of rotatable bonds is 10. The minimum absolute atomic E-state index is 0.0265. The second-order valence-corrected chi connectivity index (χ2v) is 6.80. The predicted molar refractivity (Wildman–Crippen MR) is 93.3 cm³/mol. The van der Waals surface area contributed by atoms with Gasteiger partial charge in [0.05, 0.1) is 11.4 Å². The molecule has 3 amide bonds. The Morgan fingerprint density at radius 3 is 2.44 bits per heavy atom. The maximum atomic E-state index is 11.7. The summed E-state index contributed by atoms with van der Waals surface area (Å²) in [5.74, 6) is -2.22. The van der Waals surface area contributed by atoms with E-state index in [9.17, 15) is 19.2 Å². The van der Waals surface area contributed by atoms with Crippen molar-refractivity contribution < 1.29 is 24.3 Å². The zero-order chi connectivity index (χ0) is 18.8. The number of aliphatic carboxylic acids is 1. The van der Waals surface area contributed by atoms with E-state index in [1.165, 1.54) is 11.3 Å².